The lowest BCUT2D eigenvalue weighted by Gasteiger charge is -2.06. The molecular formula is C15H16N6S. The molecule has 0 unspecified atom stereocenters. The van der Waals surface area contributed by atoms with Gasteiger partial charge in [-0.2, -0.15) is 0 Å². The molecular weight excluding hydrogens is 296 g/mol. The van der Waals surface area contributed by atoms with Crippen LogP contribution in [0.4, 0.5) is 11.1 Å². The number of nitrogens with one attached hydrogen (secondary N) is 1. The summed E-state index contributed by atoms with van der Waals surface area (Å²) < 4.78 is 0. The van der Waals surface area contributed by atoms with Gasteiger partial charge < -0.3 is 10.2 Å². The van der Waals surface area contributed by atoms with Crippen LogP contribution in [0.25, 0.3) is 11.3 Å². The summed E-state index contributed by atoms with van der Waals surface area (Å²) in [6.45, 7) is 0.598. The van der Waals surface area contributed by atoms with E-state index < -0.39 is 0 Å². The van der Waals surface area contributed by atoms with Crippen molar-refractivity contribution in [2.45, 2.75) is 6.54 Å². The predicted molar refractivity (Wildman–Crippen MR) is 89.0 cm³/mol. The molecule has 0 spiro atoms. The van der Waals surface area contributed by atoms with Crippen molar-refractivity contribution in [1.82, 2.24) is 19.9 Å². The Morgan fingerprint density at radius 1 is 1.18 bits per heavy atom. The molecule has 0 saturated heterocycles. The maximum Gasteiger partial charge on any atom is 0.223 e. The molecule has 0 bridgehead atoms. The van der Waals surface area contributed by atoms with Crippen LogP contribution in [0.15, 0.2) is 42.2 Å². The second kappa shape index (κ2) is 6.48. The van der Waals surface area contributed by atoms with E-state index in [1.807, 2.05) is 42.6 Å². The quantitative estimate of drug-likeness (QED) is 0.781. The van der Waals surface area contributed by atoms with E-state index in [0.717, 1.165) is 22.1 Å². The SMILES string of the molecule is CN(C)c1nc(CNc2nccc(-c3cccnc3)n2)cs1. The van der Waals surface area contributed by atoms with Crippen molar-refractivity contribution >= 4 is 22.4 Å². The van der Waals surface area contributed by atoms with Gasteiger partial charge in [-0.25, -0.2) is 15.0 Å². The zero-order valence-corrected chi connectivity index (χ0v) is 13.2. The van der Waals surface area contributed by atoms with Crippen molar-refractivity contribution in [2.24, 2.45) is 0 Å². The van der Waals surface area contributed by atoms with E-state index in [0.29, 0.717) is 12.5 Å². The smallest absolute Gasteiger partial charge is 0.223 e. The van der Waals surface area contributed by atoms with Gasteiger partial charge in [0.15, 0.2) is 5.13 Å². The molecule has 6 nitrogen and oxygen atoms in total. The lowest BCUT2D eigenvalue weighted by atomic mass is 10.2. The van der Waals surface area contributed by atoms with Crippen LogP contribution in [0.2, 0.25) is 0 Å². The van der Waals surface area contributed by atoms with Gasteiger partial charge in [0.25, 0.3) is 0 Å². The molecule has 3 aromatic heterocycles. The second-order valence-electron chi connectivity index (χ2n) is 4.88. The van der Waals surface area contributed by atoms with Crippen LogP contribution < -0.4 is 10.2 Å². The molecule has 3 heterocycles. The number of rotatable bonds is 5. The Bertz CT molecular complexity index is 741. The van der Waals surface area contributed by atoms with E-state index in [2.05, 4.69) is 25.3 Å². The first-order valence-corrected chi connectivity index (χ1v) is 7.69. The second-order valence-corrected chi connectivity index (χ2v) is 5.71. The number of hydrogen-bond donors (Lipinski definition) is 1. The molecule has 0 fully saturated rings. The normalized spacial score (nSPS) is 10.5. The molecule has 7 heteroatoms. The molecule has 1 N–H and O–H groups in total. The molecule has 0 radical (unpaired) electrons. The third kappa shape index (κ3) is 3.37. The Hall–Kier alpha value is -2.54. The molecule has 112 valence electrons. The van der Waals surface area contributed by atoms with E-state index in [-0.39, 0.29) is 0 Å². The predicted octanol–water partition coefficient (Wildman–Crippen LogP) is 2.67. The van der Waals surface area contributed by atoms with Crippen LogP contribution >= 0.6 is 11.3 Å². The molecule has 22 heavy (non-hydrogen) atoms. The molecule has 0 aliphatic heterocycles. The standard InChI is InChI=1S/C15H16N6S/c1-21(2)15-19-12(10-22-15)9-18-14-17-7-5-13(20-14)11-4-3-6-16-8-11/h3-8,10H,9H2,1-2H3,(H,17,18,20). The summed E-state index contributed by atoms with van der Waals surface area (Å²) in [7, 11) is 3.97. The van der Waals surface area contributed by atoms with Gasteiger partial charge in [0.1, 0.15) is 0 Å². The third-order valence-corrected chi connectivity index (χ3v) is 4.02. The lowest BCUT2D eigenvalue weighted by molar-refractivity contribution is 1.00. The Morgan fingerprint density at radius 2 is 2.09 bits per heavy atom. The molecule has 0 aliphatic rings. The highest BCUT2D eigenvalue weighted by molar-refractivity contribution is 7.13. The Balaban J connectivity index is 1.70. The number of thiazole rings is 1. The van der Waals surface area contributed by atoms with Gasteiger partial charge in [-0.3, -0.25) is 4.98 Å². The van der Waals surface area contributed by atoms with Gasteiger partial charge in [-0.05, 0) is 18.2 Å². The first-order chi connectivity index (χ1) is 10.7. The monoisotopic (exact) mass is 312 g/mol. The molecule has 3 rings (SSSR count). The molecule has 3 aromatic rings. The van der Waals surface area contributed by atoms with Crippen LogP contribution in [0, 0.1) is 0 Å². The van der Waals surface area contributed by atoms with Crippen molar-refractivity contribution in [3.05, 3.63) is 47.9 Å². The van der Waals surface area contributed by atoms with E-state index >= 15 is 0 Å². The van der Waals surface area contributed by atoms with Gasteiger partial charge in [0.05, 0.1) is 17.9 Å². The molecule has 0 amide bonds. The number of hydrogen-bond acceptors (Lipinski definition) is 7. The Labute approximate surface area is 132 Å². The summed E-state index contributed by atoms with van der Waals surface area (Å²) in [5.74, 6) is 0.584. The van der Waals surface area contributed by atoms with E-state index in [9.17, 15) is 0 Å². The Kier molecular flexibility index (Phi) is 4.24. The summed E-state index contributed by atoms with van der Waals surface area (Å²) in [5.41, 5.74) is 2.79. The average molecular weight is 312 g/mol. The minimum absolute atomic E-state index is 0.584. The third-order valence-electron chi connectivity index (χ3n) is 2.96. The summed E-state index contributed by atoms with van der Waals surface area (Å²) in [5, 5.41) is 6.23. The number of anilines is 2. The van der Waals surface area contributed by atoms with Gasteiger partial charge in [-0.1, -0.05) is 0 Å². The summed E-state index contributed by atoms with van der Waals surface area (Å²) >= 11 is 1.62. The highest BCUT2D eigenvalue weighted by atomic mass is 32.1. The fourth-order valence-electron chi connectivity index (χ4n) is 1.87. The zero-order chi connectivity index (χ0) is 15.4. The molecule has 0 aliphatic carbocycles. The summed E-state index contributed by atoms with van der Waals surface area (Å²) in [6, 6.07) is 5.74. The first-order valence-electron chi connectivity index (χ1n) is 6.81. The van der Waals surface area contributed by atoms with E-state index in [1.54, 1.807) is 29.9 Å². The molecule has 0 aromatic carbocycles. The number of pyridine rings is 1. The largest absolute Gasteiger partial charge is 0.354 e. The van der Waals surface area contributed by atoms with Crippen molar-refractivity contribution in [2.75, 3.05) is 24.3 Å². The van der Waals surface area contributed by atoms with Crippen LogP contribution in [0.5, 0.6) is 0 Å². The minimum Gasteiger partial charge on any atom is -0.354 e. The van der Waals surface area contributed by atoms with Crippen molar-refractivity contribution in [1.29, 1.82) is 0 Å². The molecule has 0 saturated carbocycles. The number of nitrogens with zero attached hydrogens (tertiary/aromatic N) is 5. The van der Waals surface area contributed by atoms with E-state index in [4.69, 9.17) is 0 Å². The van der Waals surface area contributed by atoms with Crippen molar-refractivity contribution < 1.29 is 0 Å². The number of aromatic nitrogens is 4. The lowest BCUT2D eigenvalue weighted by Crippen LogP contribution is -2.09. The van der Waals surface area contributed by atoms with Crippen LogP contribution in [-0.2, 0) is 6.54 Å². The maximum atomic E-state index is 4.52. The van der Waals surface area contributed by atoms with Gasteiger partial charge in [-0.15, -0.1) is 11.3 Å². The van der Waals surface area contributed by atoms with Crippen LogP contribution in [0.1, 0.15) is 5.69 Å². The zero-order valence-electron chi connectivity index (χ0n) is 12.4. The van der Waals surface area contributed by atoms with Gasteiger partial charge in [0, 0.05) is 43.6 Å². The topological polar surface area (TPSA) is 66.8 Å². The molecule has 0 atom stereocenters. The van der Waals surface area contributed by atoms with Crippen LogP contribution in [-0.4, -0.2) is 34.0 Å². The highest BCUT2D eigenvalue weighted by Crippen LogP contribution is 2.19. The fraction of sp³-hybridized carbons (Fsp3) is 0.200. The summed E-state index contributed by atoms with van der Waals surface area (Å²) in [4.78, 5) is 19.4. The fourth-order valence-corrected chi connectivity index (χ4v) is 2.63. The van der Waals surface area contributed by atoms with Crippen molar-refractivity contribution in [3.63, 3.8) is 0 Å². The van der Waals surface area contributed by atoms with Gasteiger partial charge >= 0.3 is 0 Å². The first kappa shape index (κ1) is 14.4. The Morgan fingerprint density at radius 3 is 2.82 bits per heavy atom. The van der Waals surface area contributed by atoms with Crippen molar-refractivity contribution in [3.8, 4) is 11.3 Å². The average Bonchev–Trinajstić information content (AvgIpc) is 3.03. The van der Waals surface area contributed by atoms with Crippen LogP contribution in [0.3, 0.4) is 0 Å². The highest BCUT2D eigenvalue weighted by Gasteiger charge is 2.05. The van der Waals surface area contributed by atoms with E-state index in [1.165, 1.54) is 0 Å². The summed E-state index contributed by atoms with van der Waals surface area (Å²) in [6.07, 6.45) is 5.27. The minimum atomic E-state index is 0.584. The van der Waals surface area contributed by atoms with Gasteiger partial charge in [0.2, 0.25) is 5.95 Å². The maximum absolute atomic E-state index is 4.52.